The van der Waals surface area contributed by atoms with Gasteiger partial charge in [0.1, 0.15) is 0 Å². The fourth-order valence-electron chi connectivity index (χ4n) is 0.757. The van der Waals surface area contributed by atoms with E-state index in [0.717, 1.165) is 4.90 Å². The number of rotatable bonds is 3. The van der Waals surface area contributed by atoms with Crippen molar-refractivity contribution in [1.82, 2.24) is 4.98 Å². The van der Waals surface area contributed by atoms with E-state index < -0.39 is 0 Å². The Kier molecular flexibility index (Phi) is 4.03. The van der Waals surface area contributed by atoms with Gasteiger partial charge in [-0.05, 0) is 13.0 Å². The number of aliphatic hydroxyl groups excluding tert-OH is 1. The molecule has 0 saturated heterocycles. The molecule has 0 aromatic carbocycles. The smallest absolute Gasteiger partial charge is 0.0725 e. The maximum absolute atomic E-state index is 9.29. The van der Waals surface area contributed by atoms with Crippen LogP contribution >= 0.6 is 23.4 Å². The molecule has 0 amide bonds. The number of halogens is 1. The molecule has 0 spiro atoms. The molecule has 2 nitrogen and oxygen atoms in total. The van der Waals surface area contributed by atoms with Crippen LogP contribution in [-0.4, -0.2) is 21.4 Å². The van der Waals surface area contributed by atoms with Gasteiger partial charge < -0.3 is 5.11 Å². The van der Waals surface area contributed by atoms with Gasteiger partial charge in [-0.15, -0.1) is 11.8 Å². The van der Waals surface area contributed by atoms with Crippen molar-refractivity contribution >= 4 is 23.4 Å². The SMILES string of the molecule is CC(O)C(C)Sc1ccncc1Cl. The van der Waals surface area contributed by atoms with Gasteiger partial charge >= 0.3 is 0 Å². The van der Waals surface area contributed by atoms with Gasteiger partial charge in [0, 0.05) is 22.5 Å². The van der Waals surface area contributed by atoms with E-state index in [1.54, 1.807) is 31.1 Å². The topological polar surface area (TPSA) is 33.1 Å². The standard InChI is InChI=1S/C9H12ClNOS/c1-6(12)7(2)13-9-3-4-11-5-8(9)10/h3-7,12H,1-2H3. The van der Waals surface area contributed by atoms with Gasteiger partial charge in [-0.25, -0.2) is 0 Å². The second-order valence-corrected chi connectivity index (χ2v) is 4.70. The van der Waals surface area contributed by atoms with E-state index in [1.165, 1.54) is 0 Å². The van der Waals surface area contributed by atoms with Crippen LogP contribution in [0.1, 0.15) is 13.8 Å². The molecule has 0 saturated carbocycles. The fraction of sp³-hybridized carbons (Fsp3) is 0.444. The Morgan fingerprint density at radius 2 is 2.23 bits per heavy atom. The largest absolute Gasteiger partial charge is 0.392 e. The normalized spacial score (nSPS) is 15.4. The molecule has 0 bridgehead atoms. The van der Waals surface area contributed by atoms with Gasteiger partial charge in [0.2, 0.25) is 0 Å². The van der Waals surface area contributed by atoms with Crippen LogP contribution in [0.25, 0.3) is 0 Å². The highest BCUT2D eigenvalue weighted by atomic mass is 35.5. The second kappa shape index (κ2) is 4.84. The monoisotopic (exact) mass is 217 g/mol. The van der Waals surface area contributed by atoms with Crippen molar-refractivity contribution in [2.45, 2.75) is 30.1 Å². The summed E-state index contributed by atoms with van der Waals surface area (Å²) in [4.78, 5) is 4.85. The maximum Gasteiger partial charge on any atom is 0.0725 e. The third-order valence-corrected chi connectivity index (χ3v) is 3.52. The summed E-state index contributed by atoms with van der Waals surface area (Å²) in [6.45, 7) is 3.73. The lowest BCUT2D eigenvalue weighted by atomic mass is 10.3. The first-order valence-corrected chi connectivity index (χ1v) is 5.31. The molecule has 2 atom stereocenters. The van der Waals surface area contributed by atoms with E-state index in [0.29, 0.717) is 5.02 Å². The third-order valence-electron chi connectivity index (χ3n) is 1.73. The summed E-state index contributed by atoms with van der Waals surface area (Å²) < 4.78 is 0. The van der Waals surface area contributed by atoms with E-state index in [1.807, 2.05) is 13.0 Å². The Bertz CT molecular complexity index is 280. The molecule has 1 rings (SSSR count). The molecule has 0 fully saturated rings. The van der Waals surface area contributed by atoms with Crippen molar-refractivity contribution in [3.63, 3.8) is 0 Å². The van der Waals surface area contributed by atoms with Crippen molar-refractivity contribution in [1.29, 1.82) is 0 Å². The van der Waals surface area contributed by atoms with Crippen molar-refractivity contribution in [3.05, 3.63) is 23.5 Å². The summed E-state index contributed by atoms with van der Waals surface area (Å²) in [7, 11) is 0. The predicted molar refractivity (Wildman–Crippen MR) is 56.2 cm³/mol. The summed E-state index contributed by atoms with van der Waals surface area (Å²) in [5.74, 6) is 0. The molecular weight excluding hydrogens is 206 g/mol. The number of pyridine rings is 1. The number of hydrogen-bond acceptors (Lipinski definition) is 3. The molecule has 13 heavy (non-hydrogen) atoms. The summed E-state index contributed by atoms with van der Waals surface area (Å²) in [5.41, 5.74) is 0. The van der Waals surface area contributed by atoms with E-state index in [-0.39, 0.29) is 11.4 Å². The van der Waals surface area contributed by atoms with Gasteiger partial charge in [-0.3, -0.25) is 4.98 Å². The minimum Gasteiger partial charge on any atom is -0.392 e. The molecule has 0 aliphatic carbocycles. The molecule has 1 N–H and O–H groups in total. The van der Waals surface area contributed by atoms with Crippen LogP contribution in [0.15, 0.2) is 23.4 Å². The number of thioether (sulfide) groups is 1. The first kappa shape index (κ1) is 10.8. The van der Waals surface area contributed by atoms with Crippen LogP contribution in [0.2, 0.25) is 5.02 Å². The first-order valence-electron chi connectivity index (χ1n) is 4.05. The van der Waals surface area contributed by atoms with Crippen LogP contribution in [-0.2, 0) is 0 Å². The Morgan fingerprint density at radius 1 is 1.54 bits per heavy atom. The van der Waals surface area contributed by atoms with E-state index in [9.17, 15) is 5.11 Å². The van der Waals surface area contributed by atoms with Crippen LogP contribution in [0.5, 0.6) is 0 Å². The molecule has 0 aliphatic heterocycles. The van der Waals surface area contributed by atoms with Gasteiger partial charge in [-0.2, -0.15) is 0 Å². The fourth-order valence-corrected chi connectivity index (χ4v) is 1.91. The highest BCUT2D eigenvalue weighted by molar-refractivity contribution is 8.00. The number of hydrogen-bond donors (Lipinski definition) is 1. The van der Waals surface area contributed by atoms with E-state index in [4.69, 9.17) is 11.6 Å². The van der Waals surface area contributed by atoms with Crippen molar-refractivity contribution < 1.29 is 5.11 Å². The quantitative estimate of drug-likeness (QED) is 0.791. The second-order valence-electron chi connectivity index (χ2n) is 2.87. The Morgan fingerprint density at radius 3 is 2.77 bits per heavy atom. The molecule has 4 heteroatoms. The van der Waals surface area contributed by atoms with Crippen LogP contribution in [0.3, 0.4) is 0 Å². The first-order chi connectivity index (χ1) is 6.11. The zero-order valence-corrected chi connectivity index (χ0v) is 9.14. The van der Waals surface area contributed by atoms with Gasteiger partial charge in [-0.1, -0.05) is 18.5 Å². The van der Waals surface area contributed by atoms with Crippen molar-refractivity contribution in [2.24, 2.45) is 0 Å². The van der Waals surface area contributed by atoms with Crippen molar-refractivity contribution in [3.8, 4) is 0 Å². The molecule has 2 unspecified atom stereocenters. The average molecular weight is 218 g/mol. The lowest BCUT2D eigenvalue weighted by Gasteiger charge is -2.14. The van der Waals surface area contributed by atoms with Gasteiger partial charge in [0.05, 0.1) is 11.1 Å². The molecule has 1 aromatic rings. The highest BCUT2D eigenvalue weighted by Crippen LogP contribution is 2.30. The number of nitrogens with zero attached hydrogens (tertiary/aromatic N) is 1. The summed E-state index contributed by atoms with van der Waals surface area (Å²) in [6.07, 6.45) is 2.97. The van der Waals surface area contributed by atoms with E-state index in [2.05, 4.69) is 4.98 Å². The molecule has 1 heterocycles. The number of aromatic nitrogens is 1. The zero-order valence-electron chi connectivity index (χ0n) is 7.57. The average Bonchev–Trinajstić information content (AvgIpc) is 2.08. The molecular formula is C9H12ClNOS. The van der Waals surface area contributed by atoms with Crippen molar-refractivity contribution in [2.75, 3.05) is 0 Å². The summed E-state index contributed by atoms with van der Waals surface area (Å²) >= 11 is 7.46. The Hall–Kier alpha value is -0.250. The summed E-state index contributed by atoms with van der Waals surface area (Å²) in [6, 6.07) is 1.85. The molecule has 0 aliphatic rings. The van der Waals surface area contributed by atoms with Gasteiger partial charge in [0.25, 0.3) is 0 Å². The predicted octanol–water partition coefficient (Wildman–Crippen LogP) is 2.60. The lowest BCUT2D eigenvalue weighted by Crippen LogP contribution is -2.14. The van der Waals surface area contributed by atoms with Crippen LogP contribution in [0, 0.1) is 0 Å². The molecule has 72 valence electrons. The van der Waals surface area contributed by atoms with Gasteiger partial charge in [0.15, 0.2) is 0 Å². The molecule has 0 radical (unpaired) electrons. The highest BCUT2D eigenvalue weighted by Gasteiger charge is 2.11. The summed E-state index contributed by atoms with van der Waals surface area (Å²) in [5, 5.41) is 10.1. The van der Waals surface area contributed by atoms with Crippen LogP contribution in [0.4, 0.5) is 0 Å². The minimum atomic E-state index is -0.339. The molecule has 1 aromatic heterocycles. The third kappa shape index (κ3) is 3.18. The van der Waals surface area contributed by atoms with Crippen LogP contribution < -0.4 is 0 Å². The zero-order chi connectivity index (χ0) is 9.84. The van der Waals surface area contributed by atoms with E-state index >= 15 is 0 Å². The Balaban J connectivity index is 2.69. The maximum atomic E-state index is 9.29. The minimum absolute atomic E-state index is 0.139. The lowest BCUT2D eigenvalue weighted by molar-refractivity contribution is 0.196. The Labute approximate surface area is 87.3 Å². The number of aliphatic hydroxyl groups is 1.